The Hall–Kier alpha value is -1.07. The highest BCUT2D eigenvalue weighted by atomic mass is 32.2. The summed E-state index contributed by atoms with van der Waals surface area (Å²) >= 11 is 1.73. The number of carbonyl (C=O) groups is 1. The Labute approximate surface area is 131 Å². The van der Waals surface area contributed by atoms with E-state index in [0.717, 1.165) is 32.7 Å². The van der Waals surface area contributed by atoms with Crippen molar-refractivity contribution in [1.29, 1.82) is 0 Å². The maximum Gasteiger partial charge on any atom is 0.232 e. The molecular weight excluding hydrogens is 282 g/mol. The average molecular weight is 307 g/mol. The van der Waals surface area contributed by atoms with Crippen molar-refractivity contribution in [3.05, 3.63) is 30.1 Å². The van der Waals surface area contributed by atoms with Crippen LogP contribution in [0.15, 0.2) is 24.5 Å². The molecule has 116 valence electrons. The van der Waals surface area contributed by atoms with Crippen LogP contribution in [0.3, 0.4) is 0 Å². The molecule has 1 amide bonds. The van der Waals surface area contributed by atoms with E-state index < -0.39 is 0 Å². The van der Waals surface area contributed by atoms with Gasteiger partial charge in [-0.2, -0.15) is 0 Å². The van der Waals surface area contributed by atoms with Crippen molar-refractivity contribution in [2.75, 3.05) is 31.9 Å². The lowest BCUT2D eigenvalue weighted by atomic mass is 10.2. The maximum atomic E-state index is 12.2. The molecule has 0 saturated carbocycles. The molecule has 4 nitrogen and oxygen atoms in total. The first-order chi connectivity index (χ1) is 9.94. The average Bonchev–Trinajstić information content (AvgIpc) is 2.46. The Morgan fingerprint density at radius 1 is 1.29 bits per heavy atom. The van der Waals surface area contributed by atoms with Gasteiger partial charge >= 0.3 is 0 Å². The monoisotopic (exact) mass is 307 g/mol. The van der Waals surface area contributed by atoms with E-state index in [4.69, 9.17) is 0 Å². The van der Waals surface area contributed by atoms with Gasteiger partial charge in [0.1, 0.15) is 0 Å². The summed E-state index contributed by atoms with van der Waals surface area (Å²) in [5, 5.41) is 0. The molecule has 1 aromatic heterocycles. The summed E-state index contributed by atoms with van der Waals surface area (Å²) in [7, 11) is 0. The second-order valence-corrected chi connectivity index (χ2v) is 8.22. The smallest absolute Gasteiger partial charge is 0.232 e. The molecule has 0 radical (unpaired) electrons. The largest absolute Gasteiger partial charge is 0.339 e. The van der Waals surface area contributed by atoms with E-state index in [0.29, 0.717) is 5.75 Å². The van der Waals surface area contributed by atoms with Crippen LogP contribution in [0.4, 0.5) is 0 Å². The van der Waals surface area contributed by atoms with Crippen molar-refractivity contribution in [3.8, 4) is 0 Å². The summed E-state index contributed by atoms with van der Waals surface area (Å²) in [6, 6.07) is 4.07. The van der Waals surface area contributed by atoms with Gasteiger partial charge in [0, 0.05) is 49.9 Å². The van der Waals surface area contributed by atoms with Crippen LogP contribution in [-0.4, -0.2) is 57.4 Å². The first kappa shape index (κ1) is 16.3. The molecule has 21 heavy (non-hydrogen) atoms. The van der Waals surface area contributed by atoms with Gasteiger partial charge in [-0.05, 0) is 11.6 Å². The molecule has 1 aliphatic rings. The normalized spacial score (nSPS) is 17.0. The molecule has 1 fully saturated rings. The van der Waals surface area contributed by atoms with Crippen LogP contribution in [0.5, 0.6) is 0 Å². The van der Waals surface area contributed by atoms with Gasteiger partial charge in [-0.25, -0.2) is 0 Å². The lowest BCUT2D eigenvalue weighted by molar-refractivity contribution is -0.130. The third-order valence-corrected chi connectivity index (χ3v) is 4.74. The minimum atomic E-state index is 0.151. The number of aromatic nitrogens is 1. The number of rotatable bonds is 4. The third-order valence-electron chi connectivity index (χ3n) is 3.48. The standard InChI is InChI=1S/C16H25N3OS/c1-16(2,3)21-13-15(20)19-9-7-18(8-10-19)12-14-5-4-6-17-11-14/h4-6,11H,7-10,12-13H2,1-3H3. The van der Waals surface area contributed by atoms with E-state index in [1.165, 1.54) is 5.56 Å². The Kier molecular flexibility index (Phi) is 5.65. The summed E-state index contributed by atoms with van der Waals surface area (Å²) in [5.74, 6) is 0.863. The number of piperazine rings is 1. The van der Waals surface area contributed by atoms with Crippen LogP contribution in [0.1, 0.15) is 26.3 Å². The Morgan fingerprint density at radius 2 is 2.00 bits per heavy atom. The predicted octanol–water partition coefficient (Wildman–Crippen LogP) is 2.26. The summed E-state index contributed by atoms with van der Waals surface area (Å²) in [5.41, 5.74) is 1.24. The molecule has 5 heteroatoms. The molecule has 2 heterocycles. The summed E-state index contributed by atoms with van der Waals surface area (Å²) in [6.45, 7) is 10.9. The molecule has 0 aliphatic carbocycles. The number of pyridine rings is 1. The van der Waals surface area contributed by atoms with E-state index in [2.05, 4.69) is 36.7 Å². The highest BCUT2D eigenvalue weighted by molar-refractivity contribution is 8.01. The molecular formula is C16H25N3OS. The molecule has 0 unspecified atom stereocenters. The second kappa shape index (κ2) is 7.27. The Morgan fingerprint density at radius 3 is 2.57 bits per heavy atom. The number of amides is 1. The minimum absolute atomic E-state index is 0.151. The lowest BCUT2D eigenvalue weighted by Crippen LogP contribution is -2.49. The topological polar surface area (TPSA) is 36.4 Å². The van der Waals surface area contributed by atoms with E-state index in [9.17, 15) is 4.79 Å². The van der Waals surface area contributed by atoms with Crippen LogP contribution in [0.25, 0.3) is 0 Å². The summed E-state index contributed by atoms with van der Waals surface area (Å²) < 4.78 is 0.151. The molecule has 0 atom stereocenters. The molecule has 2 rings (SSSR count). The molecule has 1 aromatic rings. The molecule has 1 saturated heterocycles. The van der Waals surface area contributed by atoms with Crippen molar-refractivity contribution in [1.82, 2.24) is 14.8 Å². The fourth-order valence-electron chi connectivity index (χ4n) is 2.27. The molecule has 0 bridgehead atoms. The highest BCUT2D eigenvalue weighted by Crippen LogP contribution is 2.23. The Balaban J connectivity index is 1.74. The van der Waals surface area contributed by atoms with Gasteiger partial charge in [-0.3, -0.25) is 14.7 Å². The van der Waals surface area contributed by atoms with Gasteiger partial charge in [0.25, 0.3) is 0 Å². The van der Waals surface area contributed by atoms with Crippen LogP contribution < -0.4 is 0 Å². The highest BCUT2D eigenvalue weighted by Gasteiger charge is 2.22. The van der Waals surface area contributed by atoms with E-state index in [1.807, 2.05) is 17.2 Å². The van der Waals surface area contributed by atoms with Crippen LogP contribution in [0, 0.1) is 0 Å². The van der Waals surface area contributed by atoms with Crippen molar-refractivity contribution in [2.24, 2.45) is 0 Å². The SMILES string of the molecule is CC(C)(C)SCC(=O)N1CCN(Cc2cccnc2)CC1. The first-order valence-electron chi connectivity index (χ1n) is 7.47. The first-order valence-corrected chi connectivity index (χ1v) is 8.45. The minimum Gasteiger partial charge on any atom is -0.339 e. The summed E-state index contributed by atoms with van der Waals surface area (Å²) in [6.07, 6.45) is 3.71. The number of thioether (sulfide) groups is 1. The third kappa shape index (κ3) is 5.67. The van der Waals surface area contributed by atoms with Crippen LogP contribution in [-0.2, 0) is 11.3 Å². The van der Waals surface area contributed by atoms with E-state index in [-0.39, 0.29) is 10.7 Å². The molecule has 0 N–H and O–H groups in total. The number of nitrogens with zero attached hydrogens (tertiary/aromatic N) is 3. The molecule has 0 spiro atoms. The second-order valence-electron chi connectivity index (χ2n) is 6.42. The number of hydrogen-bond donors (Lipinski definition) is 0. The Bertz CT molecular complexity index is 450. The fourth-order valence-corrected chi connectivity index (χ4v) is 3.01. The number of carbonyl (C=O) groups excluding carboxylic acids is 1. The van der Waals surface area contributed by atoms with Gasteiger partial charge < -0.3 is 4.90 Å². The fraction of sp³-hybridized carbons (Fsp3) is 0.625. The van der Waals surface area contributed by atoms with Crippen LogP contribution >= 0.6 is 11.8 Å². The zero-order chi connectivity index (χ0) is 15.3. The van der Waals surface area contributed by atoms with E-state index in [1.54, 1.807) is 18.0 Å². The quantitative estimate of drug-likeness (QED) is 0.855. The van der Waals surface area contributed by atoms with Gasteiger partial charge in [-0.1, -0.05) is 26.8 Å². The lowest BCUT2D eigenvalue weighted by Gasteiger charge is -2.35. The zero-order valence-electron chi connectivity index (χ0n) is 13.2. The molecule has 0 aromatic carbocycles. The van der Waals surface area contributed by atoms with Gasteiger partial charge in [0.05, 0.1) is 5.75 Å². The predicted molar refractivity (Wildman–Crippen MR) is 88.3 cm³/mol. The molecule has 1 aliphatic heterocycles. The maximum absolute atomic E-state index is 12.2. The van der Waals surface area contributed by atoms with Crippen molar-refractivity contribution < 1.29 is 4.79 Å². The van der Waals surface area contributed by atoms with Gasteiger partial charge in [-0.15, -0.1) is 11.8 Å². The van der Waals surface area contributed by atoms with E-state index >= 15 is 0 Å². The van der Waals surface area contributed by atoms with Crippen molar-refractivity contribution >= 4 is 17.7 Å². The van der Waals surface area contributed by atoms with Gasteiger partial charge in [0.15, 0.2) is 0 Å². The van der Waals surface area contributed by atoms with Gasteiger partial charge in [0.2, 0.25) is 5.91 Å². The van der Waals surface area contributed by atoms with Crippen molar-refractivity contribution in [3.63, 3.8) is 0 Å². The summed E-state index contributed by atoms with van der Waals surface area (Å²) in [4.78, 5) is 20.7. The zero-order valence-corrected chi connectivity index (χ0v) is 14.0. The van der Waals surface area contributed by atoms with Crippen molar-refractivity contribution in [2.45, 2.75) is 32.1 Å². The number of hydrogen-bond acceptors (Lipinski definition) is 4. The van der Waals surface area contributed by atoms with Crippen LogP contribution in [0.2, 0.25) is 0 Å².